The zero-order chi connectivity index (χ0) is 24.9. The summed E-state index contributed by atoms with van der Waals surface area (Å²) < 4.78 is 90.6. The third-order valence-electron chi connectivity index (χ3n) is 4.43. The second kappa shape index (κ2) is 11.0. The van der Waals surface area contributed by atoms with E-state index in [-0.39, 0.29) is 45.3 Å². The number of hydrogen-bond acceptors (Lipinski definition) is 8. The summed E-state index contributed by atoms with van der Waals surface area (Å²) >= 11 is 0. The van der Waals surface area contributed by atoms with E-state index < -0.39 is 49.7 Å². The largest absolute Gasteiger partial charge is 0.674 e. The van der Waals surface area contributed by atoms with E-state index in [0.717, 1.165) is 4.57 Å². The molecule has 0 saturated heterocycles. The van der Waals surface area contributed by atoms with Crippen LogP contribution in [0.5, 0.6) is 0 Å². The van der Waals surface area contributed by atoms with Gasteiger partial charge in [0.2, 0.25) is 11.7 Å². The van der Waals surface area contributed by atoms with Gasteiger partial charge in [0.05, 0.1) is 6.54 Å². The highest BCUT2D eigenvalue weighted by Gasteiger charge is 2.40. The molecule has 17 heteroatoms. The third kappa shape index (κ3) is 7.17. The van der Waals surface area contributed by atoms with E-state index >= 15 is 0 Å². The van der Waals surface area contributed by atoms with Crippen molar-refractivity contribution in [2.24, 2.45) is 5.73 Å². The van der Waals surface area contributed by atoms with Crippen molar-refractivity contribution in [3.8, 4) is 0 Å². The average molecular weight is 504 g/mol. The van der Waals surface area contributed by atoms with Gasteiger partial charge in [0.15, 0.2) is 17.5 Å². The number of carbonyl (C=O) groups excluding carboxylic acids is 1. The van der Waals surface area contributed by atoms with Crippen LogP contribution in [0.1, 0.15) is 25.1 Å². The number of hydrogen-bond donors (Lipinski definition) is 1. The van der Waals surface area contributed by atoms with Gasteiger partial charge in [0.25, 0.3) is 0 Å². The summed E-state index contributed by atoms with van der Waals surface area (Å²) in [5.74, 6) is -5.15. The number of amides is 1. The first-order chi connectivity index (χ1) is 15.3. The van der Waals surface area contributed by atoms with Crippen molar-refractivity contribution in [2.75, 3.05) is 6.54 Å². The molecule has 1 amide bonds. The number of rotatable bonds is 5. The molecule has 1 unspecified atom stereocenters. The van der Waals surface area contributed by atoms with Gasteiger partial charge in [-0.3, -0.25) is 4.79 Å². The van der Waals surface area contributed by atoms with Crippen molar-refractivity contribution < 1.29 is 52.0 Å². The molecule has 0 spiro atoms. The van der Waals surface area contributed by atoms with Crippen LogP contribution in [-0.4, -0.2) is 38.2 Å². The Morgan fingerprint density at radius 2 is 1.82 bits per heavy atom. The lowest BCUT2D eigenvalue weighted by atomic mass is 10.0. The number of aromatic nitrogens is 3. The van der Waals surface area contributed by atoms with E-state index in [9.17, 15) is 31.1 Å². The van der Waals surface area contributed by atoms with E-state index in [1.807, 2.05) is 0 Å². The summed E-state index contributed by atoms with van der Waals surface area (Å²) in [5, 5.41) is 15.1. The summed E-state index contributed by atoms with van der Waals surface area (Å²) in [7, 11) is -3.15. The summed E-state index contributed by atoms with van der Waals surface area (Å²) in [5.41, 5.74) is 5.64. The zero-order valence-electron chi connectivity index (χ0n) is 16.4. The minimum Gasteiger partial charge on any atom is -0.674 e. The SMILES string of the molecule is N[C@@H](CC(=O)N1CCn2c(nnc2C(F)(F)F)C1)Cc1cc(F)c(F)cc1F.O=[P+]([O-])O[O-].[HH]. The molecule has 33 heavy (non-hydrogen) atoms. The topological polar surface area (TPSA) is 149 Å². The van der Waals surface area contributed by atoms with Crippen LogP contribution in [-0.2, 0) is 39.7 Å². The van der Waals surface area contributed by atoms with Gasteiger partial charge in [-0.1, -0.05) is 0 Å². The van der Waals surface area contributed by atoms with Gasteiger partial charge < -0.3 is 25.4 Å². The zero-order valence-corrected chi connectivity index (χ0v) is 17.3. The number of nitrogens with two attached hydrogens (primary N) is 1. The Hall–Kier alpha value is -2.65. The van der Waals surface area contributed by atoms with Crippen molar-refractivity contribution in [2.45, 2.75) is 38.1 Å². The first kappa shape index (κ1) is 26.6. The quantitative estimate of drug-likeness (QED) is 0.204. The molecule has 10 nitrogen and oxygen atoms in total. The molecule has 2 aromatic rings. The Morgan fingerprint density at radius 3 is 2.39 bits per heavy atom. The van der Waals surface area contributed by atoms with Crippen LogP contribution in [0.4, 0.5) is 26.3 Å². The Kier molecular flexibility index (Phi) is 8.85. The summed E-state index contributed by atoms with van der Waals surface area (Å²) in [4.78, 5) is 22.5. The predicted molar refractivity (Wildman–Crippen MR) is 93.9 cm³/mol. The minimum absolute atomic E-state index is 0. The monoisotopic (exact) mass is 504 g/mol. The molecule has 2 atom stereocenters. The van der Waals surface area contributed by atoms with Gasteiger partial charge in [-0.2, -0.15) is 13.2 Å². The number of fused-ring (bicyclic) bond motifs is 1. The van der Waals surface area contributed by atoms with Gasteiger partial charge in [-0.15, -0.1) is 10.2 Å². The maximum Gasteiger partial charge on any atom is 0.479 e. The fourth-order valence-corrected chi connectivity index (χ4v) is 3.01. The molecule has 1 aromatic heterocycles. The van der Waals surface area contributed by atoms with E-state index in [1.165, 1.54) is 4.90 Å². The molecule has 2 heterocycles. The van der Waals surface area contributed by atoms with Crippen LogP contribution < -0.4 is 15.9 Å². The Morgan fingerprint density at radius 1 is 1.21 bits per heavy atom. The van der Waals surface area contributed by atoms with E-state index in [2.05, 4.69) is 14.9 Å². The molecule has 3 rings (SSSR count). The number of halogens is 6. The van der Waals surface area contributed by atoms with Crippen LogP contribution in [0.25, 0.3) is 0 Å². The minimum atomic E-state index is -4.64. The standard InChI is InChI=1S/C16H15F6N5O.HO4P.H2/c17-10-6-12(19)11(18)4-8(10)3-9(23)5-14(28)26-1-2-27-13(7-26)24-25-15(27)16(20,21)22;1-4-5(2)3;/h4,6,9H,1-3,5,7,23H2;1H;1H/p-1/t9-;;/m1../s1. The average Bonchev–Trinajstić information content (AvgIpc) is 3.16. The fourth-order valence-electron chi connectivity index (χ4n) is 3.01. The third-order valence-corrected chi connectivity index (χ3v) is 4.55. The first-order valence-corrected chi connectivity index (χ1v) is 10.0. The van der Waals surface area contributed by atoms with Crippen molar-refractivity contribution >= 4 is 14.2 Å². The summed E-state index contributed by atoms with van der Waals surface area (Å²) in [6.45, 7) is -0.302. The first-order valence-electron chi connectivity index (χ1n) is 8.93. The Bertz CT molecular complexity index is 1030. The summed E-state index contributed by atoms with van der Waals surface area (Å²) in [6, 6.07) is 0.184. The van der Waals surface area contributed by atoms with E-state index in [1.54, 1.807) is 0 Å². The van der Waals surface area contributed by atoms with E-state index in [0.29, 0.717) is 12.1 Å². The number of nitrogens with zero attached hydrogens (tertiary/aromatic N) is 4. The van der Waals surface area contributed by atoms with Gasteiger partial charge in [-0.25, -0.2) is 17.8 Å². The highest BCUT2D eigenvalue weighted by molar-refractivity contribution is 7.30. The highest BCUT2D eigenvalue weighted by atomic mass is 31.1. The molecule has 2 N–H and O–H groups in total. The molecule has 1 aliphatic heterocycles. The molecule has 1 aromatic carbocycles. The van der Waals surface area contributed by atoms with Gasteiger partial charge in [0, 0.05) is 33.0 Å². The molecule has 1 aliphatic rings. The van der Waals surface area contributed by atoms with Gasteiger partial charge >= 0.3 is 14.4 Å². The molecular weight excluding hydrogens is 487 g/mol. The lowest BCUT2D eigenvalue weighted by Crippen LogP contribution is -2.42. The molecule has 184 valence electrons. The van der Waals surface area contributed by atoms with E-state index in [4.69, 9.17) is 20.4 Å². The lowest BCUT2D eigenvalue weighted by Gasteiger charge is -2.29. The smallest absolute Gasteiger partial charge is 0.479 e. The molecule has 0 fully saturated rings. The molecule has 0 aliphatic carbocycles. The van der Waals surface area contributed by atoms with Crippen molar-refractivity contribution in [3.05, 3.63) is 46.8 Å². The fraction of sp³-hybridized carbons (Fsp3) is 0.438. The van der Waals surface area contributed by atoms with Crippen molar-refractivity contribution in [1.29, 1.82) is 0 Å². The molecular formula is C16H17F6N5O5P-. The summed E-state index contributed by atoms with van der Waals surface area (Å²) in [6.07, 6.45) is -5.11. The van der Waals surface area contributed by atoms with Crippen molar-refractivity contribution in [1.82, 2.24) is 19.7 Å². The van der Waals surface area contributed by atoms with Crippen LogP contribution in [0.2, 0.25) is 0 Å². The van der Waals surface area contributed by atoms with Gasteiger partial charge in [0.1, 0.15) is 5.82 Å². The molecule has 0 radical (unpaired) electrons. The second-order valence-electron chi connectivity index (χ2n) is 6.73. The number of alkyl halides is 3. The van der Waals surface area contributed by atoms with Crippen LogP contribution in [0.3, 0.4) is 0 Å². The Balaban J connectivity index is 0.000000873. The Labute approximate surface area is 183 Å². The predicted octanol–water partition coefficient (Wildman–Crippen LogP) is 0.558. The molecule has 0 saturated carbocycles. The normalized spacial score (nSPS) is 14.8. The van der Waals surface area contributed by atoms with Crippen molar-refractivity contribution in [3.63, 3.8) is 0 Å². The van der Waals surface area contributed by atoms with Gasteiger partial charge in [-0.05, 0) is 22.6 Å². The number of benzene rings is 1. The highest BCUT2D eigenvalue weighted by Crippen LogP contribution is 2.29. The van der Waals surface area contributed by atoms with Crippen LogP contribution >= 0.6 is 8.25 Å². The molecule has 0 bridgehead atoms. The number of carbonyl (C=O) groups is 1. The lowest BCUT2D eigenvalue weighted by molar-refractivity contribution is -0.644. The maximum atomic E-state index is 13.7. The second-order valence-corrected chi connectivity index (χ2v) is 7.33. The van der Waals surface area contributed by atoms with Crippen LogP contribution in [0, 0.1) is 17.5 Å². The van der Waals surface area contributed by atoms with Crippen LogP contribution in [0.15, 0.2) is 12.1 Å². The maximum absolute atomic E-state index is 13.7.